The molecule has 1 aromatic heterocycles. The van der Waals surface area contributed by atoms with Crippen molar-refractivity contribution in [3.05, 3.63) is 64.4 Å². The normalized spacial score (nSPS) is 12.1. The van der Waals surface area contributed by atoms with Crippen LogP contribution in [0, 0.1) is 6.92 Å². The largest absolute Gasteiger partial charge is 0.484 e. The van der Waals surface area contributed by atoms with Crippen molar-refractivity contribution in [2.45, 2.75) is 13.0 Å². The van der Waals surface area contributed by atoms with Gasteiger partial charge in [0.2, 0.25) is 0 Å². The highest BCUT2D eigenvalue weighted by Crippen LogP contribution is 2.24. The molecule has 1 atom stereocenters. The van der Waals surface area contributed by atoms with Crippen LogP contribution in [0.1, 0.15) is 15.9 Å². The molecule has 2 aromatic carbocycles. The number of methoxy groups -OCH3 is 1. The molecule has 0 spiro atoms. The van der Waals surface area contributed by atoms with Crippen molar-refractivity contribution in [3.8, 4) is 5.75 Å². The third kappa shape index (κ3) is 4.59. The fourth-order valence-electron chi connectivity index (χ4n) is 2.59. The van der Waals surface area contributed by atoms with Crippen molar-refractivity contribution in [3.63, 3.8) is 0 Å². The van der Waals surface area contributed by atoms with Crippen LogP contribution >= 0.6 is 11.3 Å². The van der Waals surface area contributed by atoms with E-state index in [9.17, 15) is 4.79 Å². The second kappa shape index (κ2) is 8.14. The van der Waals surface area contributed by atoms with E-state index in [2.05, 4.69) is 18.3 Å². The Morgan fingerprint density at radius 3 is 2.64 bits per heavy atom. The smallest absolute Gasteiger partial charge is 0.258 e. The topological polar surface area (TPSA) is 47.6 Å². The van der Waals surface area contributed by atoms with E-state index >= 15 is 0 Å². The maximum atomic E-state index is 12.0. The van der Waals surface area contributed by atoms with Crippen LogP contribution in [0.2, 0.25) is 0 Å². The number of amides is 1. The molecule has 0 aliphatic rings. The number of ether oxygens (including phenoxy) is 2. The Morgan fingerprint density at radius 2 is 1.92 bits per heavy atom. The fourth-order valence-corrected chi connectivity index (χ4v) is 3.55. The first-order valence-corrected chi connectivity index (χ1v) is 8.95. The van der Waals surface area contributed by atoms with Gasteiger partial charge < -0.3 is 14.8 Å². The van der Waals surface area contributed by atoms with Crippen LogP contribution in [-0.4, -0.2) is 26.2 Å². The van der Waals surface area contributed by atoms with Gasteiger partial charge in [0.25, 0.3) is 5.91 Å². The summed E-state index contributed by atoms with van der Waals surface area (Å²) in [4.78, 5) is 14.4. The predicted octanol–water partition coefficient (Wildman–Crippen LogP) is 4.09. The van der Waals surface area contributed by atoms with Gasteiger partial charge >= 0.3 is 0 Å². The molecule has 3 aromatic rings. The molecular weight excluding hydrogens is 334 g/mol. The quantitative estimate of drug-likeness (QED) is 0.694. The first-order chi connectivity index (χ1) is 12.2. The number of benzene rings is 2. The molecule has 130 valence electrons. The summed E-state index contributed by atoms with van der Waals surface area (Å²) in [6.45, 7) is 2.46. The van der Waals surface area contributed by atoms with Crippen LogP contribution in [0.25, 0.3) is 10.8 Å². The van der Waals surface area contributed by atoms with Crippen LogP contribution in [0.3, 0.4) is 0 Å². The number of rotatable bonds is 7. The van der Waals surface area contributed by atoms with E-state index in [1.807, 2.05) is 48.5 Å². The molecule has 0 radical (unpaired) electrons. The molecule has 0 aliphatic carbocycles. The van der Waals surface area contributed by atoms with Gasteiger partial charge in [0, 0.05) is 23.4 Å². The molecule has 4 nitrogen and oxygen atoms in total. The highest BCUT2D eigenvalue weighted by atomic mass is 32.1. The van der Waals surface area contributed by atoms with Gasteiger partial charge in [-0.3, -0.25) is 4.79 Å². The van der Waals surface area contributed by atoms with Gasteiger partial charge in [0.05, 0.1) is 0 Å². The summed E-state index contributed by atoms with van der Waals surface area (Å²) < 4.78 is 11.1. The highest BCUT2D eigenvalue weighted by Gasteiger charge is 2.14. The number of fused-ring (bicyclic) bond motifs is 1. The van der Waals surface area contributed by atoms with E-state index in [0.29, 0.717) is 12.3 Å². The molecule has 1 amide bonds. The van der Waals surface area contributed by atoms with Gasteiger partial charge in [-0.05, 0) is 42.0 Å². The lowest BCUT2D eigenvalue weighted by Gasteiger charge is -2.15. The Hall–Kier alpha value is -2.37. The Labute approximate surface area is 151 Å². The lowest BCUT2D eigenvalue weighted by Crippen LogP contribution is -2.32. The molecule has 1 heterocycles. The van der Waals surface area contributed by atoms with Crippen molar-refractivity contribution in [2.24, 2.45) is 0 Å². The number of carbonyl (C=O) groups is 1. The summed E-state index contributed by atoms with van der Waals surface area (Å²) in [5.74, 6) is 0.523. The van der Waals surface area contributed by atoms with Crippen LogP contribution < -0.4 is 10.1 Å². The Kier molecular flexibility index (Phi) is 5.68. The predicted molar refractivity (Wildman–Crippen MR) is 101 cm³/mol. The summed E-state index contributed by atoms with van der Waals surface area (Å²) in [6.07, 6.45) is -0.136. The van der Waals surface area contributed by atoms with E-state index in [-0.39, 0.29) is 18.6 Å². The number of hydrogen-bond acceptors (Lipinski definition) is 4. The monoisotopic (exact) mass is 355 g/mol. The molecule has 0 aliphatic heterocycles. The summed E-state index contributed by atoms with van der Waals surface area (Å²) >= 11 is 1.68. The summed E-state index contributed by atoms with van der Waals surface area (Å²) in [7, 11) is 1.65. The molecule has 0 saturated carbocycles. The lowest BCUT2D eigenvalue weighted by molar-refractivity contribution is -0.123. The summed E-state index contributed by atoms with van der Waals surface area (Å²) in [6, 6.07) is 17.9. The first-order valence-electron chi connectivity index (χ1n) is 8.13. The number of carbonyl (C=O) groups excluding carboxylic acids is 1. The van der Waals surface area contributed by atoms with Gasteiger partial charge in [-0.1, -0.05) is 30.3 Å². The van der Waals surface area contributed by atoms with Gasteiger partial charge in [-0.15, -0.1) is 11.3 Å². The zero-order valence-electron chi connectivity index (χ0n) is 14.3. The van der Waals surface area contributed by atoms with Crippen LogP contribution in [0.4, 0.5) is 0 Å². The minimum atomic E-state index is -0.163. The highest BCUT2D eigenvalue weighted by molar-refractivity contribution is 7.12. The summed E-state index contributed by atoms with van der Waals surface area (Å²) in [5, 5.41) is 5.10. The Morgan fingerprint density at radius 1 is 1.12 bits per heavy atom. The molecule has 0 saturated heterocycles. The Balaban J connectivity index is 1.51. The maximum absolute atomic E-state index is 12.0. The molecule has 0 fully saturated rings. The van der Waals surface area contributed by atoms with Gasteiger partial charge in [-0.25, -0.2) is 0 Å². The molecule has 1 N–H and O–H groups in total. The van der Waals surface area contributed by atoms with Gasteiger partial charge in [-0.2, -0.15) is 0 Å². The van der Waals surface area contributed by atoms with Crippen LogP contribution in [0.15, 0.2) is 54.6 Å². The maximum Gasteiger partial charge on any atom is 0.258 e. The average molecular weight is 355 g/mol. The van der Waals surface area contributed by atoms with E-state index in [4.69, 9.17) is 9.47 Å². The van der Waals surface area contributed by atoms with E-state index in [1.54, 1.807) is 18.4 Å². The van der Waals surface area contributed by atoms with Crippen molar-refractivity contribution in [1.82, 2.24) is 5.32 Å². The fraction of sp³-hybridized carbons (Fsp3) is 0.250. The standard InChI is InChI=1S/C20H21NO3S/c1-14-7-10-19(25-14)18(23-2)12-21-20(22)13-24-17-9-8-15-5-3-4-6-16(15)11-17/h3-11,18H,12-13H2,1-2H3,(H,21,22). The molecular formula is C20H21NO3S. The number of nitrogens with one attached hydrogen (secondary N) is 1. The molecule has 25 heavy (non-hydrogen) atoms. The second-order valence-corrected chi connectivity index (χ2v) is 7.09. The minimum absolute atomic E-state index is 0.0156. The van der Waals surface area contributed by atoms with Gasteiger partial charge in [0.1, 0.15) is 11.9 Å². The molecule has 5 heteroatoms. The lowest BCUT2D eigenvalue weighted by atomic mass is 10.1. The van der Waals surface area contributed by atoms with Crippen molar-refractivity contribution in [1.29, 1.82) is 0 Å². The third-order valence-corrected chi connectivity index (χ3v) is 5.03. The van der Waals surface area contributed by atoms with Crippen LogP contribution in [0.5, 0.6) is 5.75 Å². The van der Waals surface area contributed by atoms with Crippen molar-refractivity contribution < 1.29 is 14.3 Å². The summed E-state index contributed by atoms with van der Waals surface area (Å²) in [5.41, 5.74) is 0. The van der Waals surface area contributed by atoms with E-state index < -0.39 is 0 Å². The number of thiophene rings is 1. The molecule has 3 rings (SSSR count). The first kappa shape index (κ1) is 17.5. The minimum Gasteiger partial charge on any atom is -0.484 e. The van der Waals surface area contributed by atoms with Crippen molar-refractivity contribution >= 4 is 28.0 Å². The van der Waals surface area contributed by atoms with Crippen LogP contribution in [-0.2, 0) is 9.53 Å². The third-order valence-electron chi connectivity index (χ3n) is 3.94. The van der Waals surface area contributed by atoms with E-state index in [0.717, 1.165) is 15.6 Å². The SMILES string of the molecule is COC(CNC(=O)COc1ccc2ccccc2c1)c1ccc(C)s1. The molecule has 1 unspecified atom stereocenters. The number of hydrogen-bond donors (Lipinski definition) is 1. The molecule has 0 bridgehead atoms. The Bertz CT molecular complexity index is 859. The van der Waals surface area contributed by atoms with E-state index in [1.165, 1.54) is 4.88 Å². The van der Waals surface area contributed by atoms with Crippen molar-refractivity contribution in [2.75, 3.05) is 20.3 Å². The number of aryl methyl sites for hydroxylation is 1. The average Bonchev–Trinajstić information content (AvgIpc) is 3.06. The zero-order valence-corrected chi connectivity index (χ0v) is 15.1. The second-order valence-electron chi connectivity index (χ2n) is 5.77. The zero-order chi connectivity index (χ0) is 17.6. The van der Waals surface area contributed by atoms with Gasteiger partial charge in [0.15, 0.2) is 6.61 Å².